The highest BCUT2D eigenvalue weighted by atomic mass is 16.6. The maximum atomic E-state index is 11.8. The van der Waals surface area contributed by atoms with Gasteiger partial charge in [0.1, 0.15) is 0 Å². The van der Waals surface area contributed by atoms with Crippen molar-refractivity contribution in [3.63, 3.8) is 0 Å². The number of nitro groups is 1. The van der Waals surface area contributed by atoms with Gasteiger partial charge in [-0.3, -0.25) is 19.7 Å². The topological polar surface area (TPSA) is 110 Å². The molecule has 0 bridgehead atoms. The molecule has 0 fully saturated rings. The lowest BCUT2D eigenvalue weighted by molar-refractivity contribution is -0.384. The van der Waals surface area contributed by atoms with E-state index in [-0.39, 0.29) is 18.1 Å². The van der Waals surface area contributed by atoms with Crippen LogP contribution in [-0.4, -0.2) is 66.8 Å². The van der Waals surface area contributed by atoms with Gasteiger partial charge in [-0.05, 0) is 23.8 Å². The fourth-order valence-corrected chi connectivity index (χ4v) is 1.60. The van der Waals surface area contributed by atoms with E-state index < -0.39 is 23.4 Å². The maximum Gasteiger partial charge on any atom is 0.331 e. The van der Waals surface area contributed by atoms with Crippen LogP contribution in [0.15, 0.2) is 30.3 Å². The van der Waals surface area contributed by atoms with E-state index in [0.29, 0.717) is 5.56 Å². The first kappa shape index (κ1) is 19.8. The van der Waals surface area contributed by atoms with Gasteiger partial charge in [-0.1, -0.05) is 0 Å². The predicted octanol–water partition coefficient (Wildman–Crippen LogP) is 0.698. The molecule has 0 saturated carbocycles. The van der Waals surface area contributed by atoms with E-state index in [1.54, 1.807) is 14.1 Å². The minimum Gasteiger partial charge on any atom is -0.452 e. The largest absolute Gasteiger partial charge is 0.452 e. The van der Waals surface area contributed by atoms with Crippen LogP contribution in [0.4, 0.5) is 5.69 Å². The van der Waals surface area contributed by atoms with Crippen LogP contribution >= 0.6 is 0 Å². The first-order valence-electron chi connectivity index (χ1n) is 7.24. The van der Waals surface area contributed by atoms with E-state index in [9.17, 15) is 24.5 Å². The third-order valence-electron chi connectivity index (χ3n) is 3.15. The predicted molar refractivity (Wildman–Crippen MR) is 89.4 cm³/mol. The SMILES string of the molecule is CN(C)C(=O)CN(C)C(=O)COC(=O)/C=C/c1ccc([N+](=O)[O-])cc1. The Bertz CT molecular complexity index is 682. The second-order valence-electron chi connectivity index (χ2n) is 5.33. The van der Waals surface area contributed by atoms with Crippen LogP contribution in [0.2, 0.25) is 0 Å². The van der Waals surface area contributed by atoms with Crippen molar-refractivity contribution >= 4 is 29.5 Å². The van der Waals surface area contributed by atoms with Gasteiger partial charge in [0.25, 0.3) is 11.6 Å². The molecule has 0 heterocycles. The first-order chi connectivity index (χ1) is 11.7. The normalized spacial score (nSPS) is 10.4. The number of rotatable bonds is 7. The zero-order valence-corrected chi connectivity index (χ0v) is 14.2. The molecule has 0 aliphatic rings. The number of non-ortho nitro benzene ring substituents is 1. The molecule has 1 aromatic rings. The molecule has 0 spiro atoms. The molecule has 0 saturated heterocycles. The molecule has 9 nitrogen and oxygen atoms in total. The Morgan fingerprint density at radius 2 is 1.72 bits per heavy atom. The average Bonchev–Trinajstić information content (AvgIpc) is 2.57. The van der Waals surface area contributed by atoms with Gasteiger partial charge in [0.2, 0.25) is 5.91 Å². The summed E-state index contributed by atoms with van der Waals surface area (Å²) in [4.78, 5) is 47.4. The number of nitrogens with zero attached hydrogens (tertiary/aromatic N) is 3. The van der Waals surface area contributed by atoms with Crippen LogP contribution < -0.4 is 0 Å². The molecule has 9 heteroatoms. The lowest BCUT2D eigenvalue weighted by Crippen LogP contribution is -2.39. The molecule has 0 N–H and O–H groups in total. The van der Waals surface area contributed by atoms with Crippen molar-refractivity contribution < 1.29 is 24.0 Å². The number of hydrogen-bond acceptors (Lipinski definition) is 6. The Hall–Kier alpha value is -3.23. The van der Waals surface area contributed by atoms with Crippen molar-refractivity contribution in [2.45, 2.75) is 0 Å². The molecule has 0 radical (unpaired) electrons. The summed E-state index contributed by atoms with van der Waals surface area (Å²) in [6.07, 6.45) is 2.52. The second-order valence-corrected chi connectivity index (χ2v) is 5.33. The fraction of sp³-hybridized carbons (Fsp3) is 0.312. The quantitative estimate of drug-likeness (QED) is 0.310. The maximum absolute atomic E-state index is 11.8. The summed E-state index contributed by atoms with van der Waals surface area (Å²) < 4.78 is 4.80. The van der Waals surface area contributed by atoms with E-state index in [1.807, 2.05) is 0 Å². The molecule has 0 aliphatic heterocycles. The number of amides is 2. The van der Waals surface area contributed by atoms with Gasteiger partial charge >= 0.3 is 5.97 Å². The van der Waals surface area contributed by atoms with Gasteiger partial charge in [-0.25, -0.2) is 4.79 Å². The van der Waals surface area contributed by atoms with Crippen LogP contribution in [0, 0.1) is 10.1 Å². The highest BCUT2D eigenvalue weighted by Crippen LogP contribution is 2.12. The molecule has 0 unspecified atom stereocenters. The number of carbonyl (C=O) groups excluding carboxylic acids is 3. The summed E-state index contributed by atoms with van der Waals surface area (Å²) in [7, 11) is 4.58. The Labute approximate surface area is 144 Å². The van der Waals surface area contributed by atoms with Gasteiger partial charge in [0.15, 0.2) is 6.61 Å². The first-order valence-corrected chi connectivity index (χ1v) is 7.24. The minimum absolute atomic E-state index is 0.0550. The van der Waals surface area contributed by atoms with Crippen molar-refractivity contribution in [1.82, 2.24) is 9.80 Å². The van der Waals surface area contributed by atoms with E-state index in [4.69, 9.17) is 4.74 Å². The molecule has 1 aromatic carbocycles. The number of ether oxygens (including phenoxy) is 1. The third kappa shape index (κ3) is 6.81. The Morgan fingerprint density at radius 1 is 1.12 bits per heavy atom. The number of esters is 1. The molecule has 0 aromatic heterocycles. The third-order valence-corrected chi connectivity index (χ3v) is 3.15. The molecule has 0 aliphatic carbocycles. The van der Waals surface area contributed by atoms with E-state index in [2.05, 4.69) is 0 Å². The van der Waals surface area contributed by atoms with E-state index in [1.165, 1.54) is 42.3 Å². The lowest BCUT2D eigenvalue weighted by atomic mass is 10.2. The van der Waals surface area contributed by atoms with Gasteiger partial charge in [-0.2, -0.15) is 0 Å². The molecule has 1 rings (SSSR count). The molecular formula is C16H19N3O6. The van der Waals surface area contributed by atoms with Gasteiger partial charge in [0.05, 0.1) is 11.5 Å². The van der Waals surface area contributed by atoms with Crippen LogP contribution in [0.1, 0.15) is 5.56 Å². The molecule has 0 atom stereocenters. The fourth-order valence-electron chi connectivity index (χ4n) is 1.60. The van der Waals surface area contributed by atoms with E-state index >= 15 is 0 Å². The Balaban J connectivity index is 2.47. The zero-order chi connectivity index (χ0) is 19.0. The molecule has 25 heavy (non-hydrogen) atoms. The Morgan fingerprint density at radius 3 is 2.24 bits per heavy atom. The smallest absolute Gasteiger partial charge is 0.331 e. The van der Waals surface area contributed by atoms with Crippen molar-refractivity contribution in [2.24, 2.45) is 0 Å². The van der Waals surface area contributed by atoms with Gasteiger partial charge in [0, 0.05) is 39.4 Å². The highest BCUT2D eigenvalue weighted by molar-refractivity contribution is 5.90. The number of likely N-dealkylation sites (N-methyl/N-ethyl adjacent to an activating group) is 2. The average molecular weight is 349 g/mol. The number of benzene rings is 1. The zero-order valence-electron chi connectivity index (χ0n) is 14.2. The molecular weight excluding hydrogens is 330 g/mol. The van der Waals surface area contributed by atoms with Crippen LogP contribution in [0.5, 0.6) is 0 Å². The number of carbonyl (C=O) groups is 3. The monoisotopic (exact) mass is 349 g/mol. The van der Waals surface area contributed by atoms with Gasteiger partial charge < -0.3 is 14.5 Å². The lowest BCUT2D eigenvalue weighted by Gasteiger charge is -2.18. The van der Waals surface area contributed by atoms with Crippen LogP contribution in [0.3, 0.4) is 0 Å². The number of nitro benzene ring substituents is 1. The molecule has 2 amide bonds. The number of hydrogen-bond donors (Lipinski definition) is 0. The Kier molecular flexibility index (Phi) is 7.26. The van der Waals surface area contributed by atoms with Gasteiger partial charge in [-0.15, -0.1) is 0 Å². The van der Waals surface area contributed by atoms with Crippen molar-refractivity contribution in [2.75, 3.05) is 34.3 Å². The summed E-state index contributed by atoms with van der Waals surface area (Å²) in [6, 6.07) is 5.58. The van der Waals surface area contributed by atoms with Crippen molar-refractivity contribution in [3.05, 3.63) is 46.0 Å². The molecule has 134 valence electrons. The summed E-state index contributed by atoms with van der Waals surface area (Å²) in [5, 5.41) is 10.5. The summed E-state index contributed by atoms with van der Waals surface area (Å²) in [5.41, 5.74) is 0.517. The van der Waals surface area contributed by atoms with E-state index in [0.717, 1.165) is 11.0 Å². The summed E-state index contributed by atoms with van der Waals surface area (Å²) >= 11 is 0. The van der Waals surface area contributed by atoms with Crippen LogP contribution in [0.25, 0.3) is 6.08 Å². The summed E-state index contributed by atoms with van der Waals surface area (Å²) in [5.74, 6) is -1.49. The summed E-state index contributed by atoms with van der Waals surface area (Å²) in [6.45, 7) is -0.595. The highest BCUT2D eigenvalue weighted by Gasteiger charge is 2.15. The second kappa shape index (κ2) is 9.16. The van der Waals surface area contributed by atoms with Crippen molar-refractivity contribution in [1.29, 1.82) is 0 Å². The van der Waals surface area contributed by atoms with Crippen molar-refractivity contribution in [3.8, 4) is 0 Å². The van der Waals surface area contributed by atoms with Crippen LogP contribution in [-0.2, 0) is 19.1 Å². The minimum atomic E-state index is -0.737. The standard InChI is InChI=1S/C16H19N3O6/c1-17(2)14(20)10-18(3)15(21)11-25-16(22)9-6-12-4-7-13(8-5-12)19(23)24/h4-9H,10-11H2,1-3H3/b9-6+.